The van der Waals surface area contributed by atoms with E-state index in [1.807, 2.05) is 0 Å². The van der Waals surface area contributed by atoms with Gasteiger partial charge < -0.3 is 10.1 Å². The second kappa shape index (κ2) is 6.41. The molecule has 1 N–H and O–H groups in total. The summed E-state index contributed by atoms with van der Waals surface area (Å²) in [5, 5.41) is 3.36. The van der Waals surface area contributed by atoms with Crippen molar-refractivity contribution in [3.8, 4) is 0 Å². The van der Waals surface area contributed by atoms with Crippen LogP contribution in [0.5, 0.6) is 0 Å². The van der Waals surface area contributed by atoms with Gasteiger partial charge in [-0.2, -0.15) is 0 Å². The van der Waals surface area contributed by atoms with Crippen molar-refractivity contribution in [2.45, 2.75) is 47.6 Å². The molecule has 0 aromatic carbocycles. The van der Waals surface area contributed by atoms with Crippen molar-refractivity contribution in [1.82, 2.24) is 5.32 Å². The zero-order valence-electron chi connectivity index (χ0n) is 10.7. The minimum Gasteiger partial charge on any atom is -0.378 e. The summed E-state index contributed by atoms with van der Waals surface area (Å²) in [6, 6.07) is 0. The smallest absolute Gasteiger partial charge is 0.0570 e. The lowest BCUT2D eigenvalue weighted by atomic mass is 9.94. The van der Waals surface area contributed by atoms with Crippen molar-refractivity contribution in [3.05, 3.63) is 0 Å². The van der Waals surface area contributed by atoms with Gasteiger partial charge in [0, 0.05) is 12.0 Å². The Labute approximate surface area is 89.4 Å². The van der Waals surface area contributed by atoms with Gasteiger partial charge in [-0.25, -0.2) is 0 Å². The van der Waals surface area contributed by atoms with Crippen LogP contribution in [0.25, 0.3) is 0 Å². The van der Waals surface area contributed by atoms with Crippen LogP contribution in [0.4, 0.5) is 0 Å². The van der Waals surface area contributed by atoms with Crippen LogP contribution in [0.15, 0.2) is 0 Å². The van der Waals surface area contributed by atoms with Crippen molar-refractivity contribution in [2.24, 2.45) is 11.3 Å². The highest BCUT2D eigenvalue weighted by Gasteiger charge is 2.19. The predicted molar refractivity (Wildman–Crippen MR) is 62.6 cm³/mol. The van der Waals surface area contributed by atoms with Crippen LogP contribution in [-0.2, 0) is 4.74 Å². The number of hydrogen-bond acceptors (Lipinski definition) is 2. The van der Waals surface area contributed by atoms with E-state index < -0.39 is 0 Å². The van der Waals surface area contributed by atoms with Crippen molar-refractivity contribution in [2.75, 3.05) is 19.7 Å². The van der Waals surface area contributed by atoms with Gasteiger partial charge in [-0.05, 0) is 19.4 Å². The first-order chi connectivity index (χ1) is 6.39. The average Bonchev–Trinajstić information content (AvgIpc) is 2.11. The quantitative estimate of drug-likeness (QED) is 0.684. The lowest BCUT2D eigenvalue weighted by Crippen LogP contribution is -2.34. The third-order valence-corrected chi connectivity index (χ3v) is 2.53. The van der Waals surface area contributed by atoms with E-state index in [0.29, 0.717) is 12.0 Å². The number of ether oxygens (including phenoxy) is 1. The van der Waals surface area contributed by atoms with Crippen molar-refractivity contribution in [1.29, 1.82) is 0 Å². The molecule has 0 aliphatic rings. The fourth-order valence-corrected chi connectivity index (χ4v) is 1.06. The van der Waals surface area contributed by atoms with Crippen LogP contribution < -0.4 is 5.32 Å². The molecule has 86 valence electrons. The third kappa shape index (κ3) is 6.39. The summed E-state index contributed by atoms with van der Waals surface area (Å²) < 4.78 is 5.83. The summed E-state index contributed by atoms with van der Waals surface area (Å²) in [5.41, 5.74) is 0.235. The Morgan fingerprint density at radius 1 is 1.21 bits per heavy atom. The minimum atomic E-state index is 0.235. The van der Waals surface area contributed by atoms with Crippen molar-refractivity contribution < 1.29 is 4.74 Å². The molecule has 0 aromatic heterocycles. The van der Waals surface area contributed by atoms with E-state index in [4.69, 9.17) is 4.74 Å². The van der Waals surface area contributed by atoms with E-state index in [1.165, 1.54) is 0 Å². The normalized spacial score (nSPS) is 14.8. The first-order valence-electron chi connectivity index (χ1n) is 5.71. The lowest BCUT2D eigenvalue weighted by Gasteiger charge is -2.27. The summed E-state index contributed by atoms with van der Waals surface area (Å²) in [6.45, 7) is 16.0. The Kier molecular flexibility index (Phi) is 6.38. The molecule has 0 spiro atoms. The topological polar surface area (TPSA) is 21.3 Å². The summed E-state index contributed by atoms with van der Waals surface area (Å²) >= 11 is 0. The van der Waals surface area contributed by atoms with Gasteiger partial charge in [-0.1, -0.05) is 34.6 Å². The maximum Gasteiger partial charge on any atom is 0.0570 e. The third-order valence-electron chi connectivity index (χ3n) is 2.53. The summed E-state index contributed by atoms with van der Waals surface area (Å²) in [5.74, 6) is 0.602. The van der Waals surface area contributed by atoms with Crippen LogP contribution in [-0.4, -0.2) is 25.8 Å². The Balaban J connectivity index is 3.74. The molecule has 14 heavy (non-hydrogen) atoms. The molecule has 0 radical (unpaired) electrons. The zero-order valence-corrected chi connectivity index (χ0v) is 10.7. The highest BCUT2D eigenvalue weighted by molar-refractivity contribution is 4.71. The maximum absolute atomic E-state index is 5.83. The molecule has 0 heterocycles. The largest absolute Gasteiger partial charge is 0.378 e. The van der Waals surface area contributed by atoms with Crippen LogP contribution in [0, 0.1) is 11.3 Å². The molecule has 0 aliphatic carbocycles. The molecule has 2 heteroatoms. The van der Waals surface area contributed by atoms with E-state index in [9.17, 15) is 0 Å². The van der Waals surface area contributed by atoms with E-state index in [2.05, 4.69) is 46.9 Å². The SMILES string of the molecule is CCNCC(C)(C)COC(C)C(C)C. The molecule has 2 nitrogen and oxygen atoms in total. The van der Waals surface area contributed by atoms with Crippen LogP contribution >= 0.6 is 0 Å². The predicted octanol–water partition coefficient (Wildman–Crippen LogP) is 2.68. The van der Waals surface area contributed by atoms with E-state index in [1.54, 1.807) is 0 Å². The fourth-order valence-electron chi connectivity index (χ4n) is 1.06. The lowest BCUT2D eigenvalue weighted by molar-refractivity contribution is -0.00949. The molecule has 0 bridgehead atoms. The summed E-state index contributed by atoms with van der Waals surface area (Å²) in [6.07, 6.45) is 0.357. The zero-order chi connectivity index (χ0) is 11.2. The van der Waals surface area contributed by atoms with E-state index in [-0.39, 0.29) is 5.41 Å². The van der Waals surface area contributed by atoms with E-state index in [0.717, 1.165) is 19.7 Å². The standard InChI is InChI=1S/C12H27NO/c1-7-13-8-12(5,6)9-14-11(4)10(2)3/h10-11,13H,7-9H2,1-6H3. The van der Waals surface area contributed by atoms with Crippen molar-refractivity contribution in [3.63, 3.8) is 0 Å². The van der Waals surface area contributed by atoms with Gasteiger partial charge >= 0.3 is 0 Å². The highest BCUT2D eigenvalue weighted by atomic mass is 16.5. The number of nitrogens with one attached hydrogen (secondary N) is 1. The molecule has 0 saturated carbocycles. The molecule has 0 aromatic rings. The first-order valence-corrected chi connectivity index (χ1v) is 5.71. The van der Waals surface area contributed by atoms with Crippen molar-refractivity contribution >= 4 is 0 Å². The van der Waals surface area contributed by atoms with Gasteiger partial charge in [0.05, 0.1) is 12.7 Å². The van der Waals surface area contributed by atoms with Gasteiger partial charge in [0.15, 0.2) is 0 Å². The highest BCUT2D eigenvalue weighted by Crippen LogP contribution is 2.16. The van der Waals surface area contributed by atoms with Gasteiger partial charge in [0.1, 0.15) is 0 Å². The summed E-state index contributed by atoms with van der Waals surface area (Å²) in [4.78, 5) is 0. The Morgan fingerprint density at radius 2 is 1.79 bits per heavy atom. The molecule has 0 amide bonds. The van der Waals surface area contributed by atoms with Crippen LogP contribution in [0.2, 0.25) is 0 Å². The number of rotatable bonds is 7. The average molecular weight is 201 g/mol. The second-order valence-electron chi connectivity index (χ2n) is 5.20. The van der Waals surface area contributed by atoms with Gasteiger partial charge in [-0.15, -0.1) is 0 Å². The molecular formula is C12H27NO. The fraction of sp³-hybridized carbons (Fsp3) is 1.00. The molecule has 1 unspecified atom stereocenters. The number of hydrogen-bond donors (Lipinski definition) is 1. The second-order valence-corrected chi connectivity index (χ2v) is 5.20. The van der Waals surface area contributed by atoms with Crippen LogP contribution in [0.3, 0.4) is 0 Å². The molecule has 0 rings (SSSR count). The molecule has 0 fully saturated rings. The molecule has 0 saturated heterocycles. The van der Waals surface area contributed by atoms with Gasteiger partial charge in [0.25, 0.3) is 0 Å². The molecule has 1 atom stereocenters. The van der Waals surface area contributed by atoms with Crippen LogP contribution in [0.1, 0.15) is 41.5 Å². The first kappa shape index (κ1) is 13.9. The van der Waals surface area contributed by atoms with E-state index >= 15 is 0 Å². The Morgan fingerprint density at radius 3 is 2.21 bits per heavy atom. The maximum atomic E-state index is 5.83. The molecular weight excluding hydrogens is 174 g/mol. The molecule has 0 aliphatic heterocycles. The Hall–Kier alpha value is -0.0800. The van der Waals surface area contributed by atoms with Gasteiger partial charge in [-0.3, -0.25) is 0 Å². The van der Waals surface area contributed by atoms with Gasteiger partial charge in [0.2, 0.25) is 0 Å². The minimum absolute atomic E-state index is 0.235. The summed E-state index contributed by atoms with van der Waals surface area (Å²) in [7, 11) is 0. The Bertz CT molecular complexity index is 143. The monoisotopic (exact) mass is 201 g/mol.